The number of fused-ring (bicyclic) bond motifs is 1. The fourth-order valence-corrected chi connectivity index (χ4v) is 2.40. The molecule has 5 heteroatoms. The minimum Gasteiger partial charge on any atom is -0.378 e. The molecule has 4 nitrogen and oxygen atoms in total. The van der Waals surface area contributed by atoms with E-state index in [-0.39, 0.29) is 0 Å². The Kier molecular flexibility index (Phi) is 3.51. The van der Waals surface area contributed by atoms with Gasteiger partial charge in [-0.3, -0.25) is 0 Å². The van der Waals surface area contributed by atoms with E-state index in [1.165, 1.54) is 0 Å². The molecule has 0 radical (unpaired) electrons. The van der Waals surface area contributed by atoms with Crippen molar-refractivity contribution in [3.63, 3.8) is 0 Å². The molecule has 0 unspecified atom stereocenters. The van der Waals surface area contributed by atoms with Crippen molar-refractivity contribution in [2.24, 2.45) is 0 Å². The highest BCUT2D eigenvalue weighted by Gasteiger charge is 2.06. The predicted octanol–water partition coefficient (Wildman–Crippen LogP) is 3.78. The van der Waals surface area contributed by atoms with Crippen LogP contribution >= 0.6 is 11.6 Å². The standard InChI is InChI=1S/C16H13ClN4/c1-11-3-2-4-16-20-14(10-21(11)16)9-19-15-7-13(17)6-5-12(15)8-18/h2-7,10,19H,9H2,1H3. The highest BCUT2D eigenvalue weighted by Crippen LogP contribution is 2.21. The summed E-state index contributed by atoms with van der Waals surface area (Å²) in [6.45, 7) is 2.58. The van der Waals surface area contributed by atoms with E-state index in [2.05, 4.69) is 16.4 Å². The lowest BCUT2D eigenvalue weighted by Gasteiger charge is -2.06. The van der Waals surface area contributed by atoms with Crippen molar-refractivity contribution in [2.75, 3.05) is 5.32 Å². The first kappa shape index (κ1) is 13.5. The molecular formula is C16H13ClN4. The second-order valence-electron chi connectivity index (χ2n) is 4.78. The number of aromatic nitrogens is 2. The lowest BCUT2D eigenvalue weighted by molar-refractivity contribution is 1.06. The average molecular weight is 297 g/mol. The van der Waals surface area contributed by atoms with Crippen LogP contribution in [0.3, 0.4) is 0 Å². The summed E-state index contributed by atoms with van der Waals surface area (Å²) in [4.78, 5) is 4.55. The maximum atomic E-state index is 9.10. The van der Waals surface area contributed by atoms with Gasteiger partial charge in [0, 0.05) is 16.9 Å². The molecule has 0 amide bonds. The van der Waals surface area contributed by atoms with E-state index in [9.17, 15) is 0 Å². The number of imidazole rings is 1. The second kappa shape index (κ2) is 5.47. The molecule has 0 aliphatic rings. The molecule has 0 saturated heterocycles. The van der Waals surface area contributed by atoms with Crippen LogP contribution in [0.25, 0.3) is 5.65 Å². The third kappa shape index (κ3) is 2.69. The number of hydrogen-bond acceptors (Lipinski definition) is 3. The minimum atomic E-state index is 0.538. The number of pyridine rings is 1. The summed E-state index contributed by atoms with van der Waals surface area (Å²) in [5, 5.41) is 12.9. The van der Waals surface area contributed by atoms with Crippen LogP contribution in [0.5, 0.6) is 0 Å². The van der Waals surface area contributed by atoms with Gasteiger partial charge in [0.1, 0.15) is 11.7 Å². The van der Waals surface area contributed by atoms with Crippen molar-refractivity contribution in [1.29, 1.82) is 5.26 Å². The summed E-state index contributed by atoms with van der Waals surface area (Å²) < 4.78 is 2.04. The summed E-state index contributed by atoms with van der Waals surface area (Å²) in [7, 11) is 0. The van der Waals surface area contributed by atoms with Crippen LogP contribution in [-0.2, 0) is 6.54 Å². The maximum absolute atomic E-state index is 9.10. The van der Waals surface area contributed by atoms with Gasteiger partial charge in [-0.2, -0.15) is 5.26 Å². The zero-order chi connectivity index (χ0) is 14.8. The van der Waals surface area contributed by atoms with Crippen molar-refractivity contribution in [1.82, 2.24) is 9.38 Å². The Bertz CT molecular complexity index is 845. The summed E-state index contributed by atoms with van der Waals surface area (Å²) in [5.74, 6) is 0. The van der Waals surface area contributed by atoms with Gasteiger partial charge in [0.2, 0.25) is 0 Å². The Morgan fingerprint density at radius 2 is 2.19 bits per heavy atom. The number of halogens is 1. The minimum absolute atomic E-state index is 0.538. The van der Waals surface area contributed by atoms with Crippen LogP contribution in [0, 0.1) is 18.3 Å². The van der Waals surface area contributed by atoms with E-state index in [1.807, 2.05) is 35.7 Å². The summed E-state index contributed by atoms with van der Waals surface area (Å²) in [6.07, 6.45) is 1.99. The highest BCUT2D eigenvalue weighted by atomic mass is 35.5. The fraction of sp³-hybridized carbons (Fsp3) is 0.125. The van der Waals surface area contributed by atoms with Gasteiger partial charge in [-0.05, 0) is 37.3 Å². The smallest absolute Gasteiger partial charge is 0.137 e. The quantitative estimate of drug-likeness (QED) is 0.800. The third-order valence-electron chi connectivity index (χ3n) is 3.31. The first-order valence-electron chi connectivity index (χ1n) is 6.54. The topological polar surface area (TPSA) is 53.1 Å². The highest BCUT2D eigenvalue weighted by molar-refractivity contribution is 6.30. The molecule has 3 aromatic rings. The number of benzene rings is 1. The molecule has 0 aliphatic carbocycles. The van der Waals surface area contributed by atoms with Gasteiger partial charge in [-0.15, -0.1) is 0 Å². The summed E-state index contributed by atoms with van der Waals surface area (Å²) in [6, 6.07) is 13.3. The van der Waals surface area contributed by atoms with Crippen LogP contribution in [0.1, 0.15) is 17.0 Å². The van der Waals surface area contributed by atoms with E-state index in [1.54, 1.807) is 18.2 Å². The third-order valence-corrected chi connectivity index (χ3v) is 3.54. The van der Waals surface area contributed by atoms with Gasteiger partial charge in [0.25, 0.3) is 0 Å². The predicted molar refractivity (Wildman–Crippen MR) is 83.4 cm³/mol. The van der Waals surface area contributed by atoms with Crippen molar-refractivity contribution >= 4 is 22.9 Å². The van der Waals surface area contributed by atoms with Crippen LogP contribution < -0.4 is 5.32 Å². The molecule has 0 bridgehead atoms. The molecule has 1 aromatic carbocycles. The molecule has 3 rings (SSSR count). The normalized spacial score (nSPS) is 10.5. The van der Waals surface area contributed by atoms with E-state index in [0.717, 1.165) is 22.7 Å². The molecule has 0 saturated carbocycles. The van der Waals surface area contributed by atoms with Crippen molar-refractivity contribution < 1.29 is 0 Å². The maximum Gasteiger partial charge on any atom is 0.137 e. The Hall–Kier alpha value is -2.51. The van der Waals surface area contributed by atoms with Gasteiger partial charge >= 0.3 is 0 Å². The van der Waals surface area contributed by atoms with Crippen LogP contribution in [0.4, 0.5) is 5.69 Å². The molecular weight excluding hydrogens is 284 g/mol. The average Bonchev–Trinajstić information content (AvgIpc) is 2.90. The number of nitrogens with zero attached hydrogens (tertiary/aromatic N) is 3. The van der Waals surface area contributed by atoms with Crippen LogP contribution in [0.15, 0.2) is 42.6 Å². The Morgan fingerprint density at radius 3 is 2.95 bits per heavy atom. The van der Waals surface area contributed by atoms with Gasteiger partial charge in [0.05, 0.1) is 23.5 Å². The van der Waals surface area contributed by atoms with Gasteiger partial charge in [-0.1, -0.05) is 17.7 Å². The Labute approximate surface area is 127 Å². The Balaban J connectivity index is 1.85. The number of anilines is 1. The molecule has 0 aliphatic heterocycles. The summed E-state index contributed by atoms with van der Waals surface area (Å²) in [5.41, 5.74) is 4.25. The summed E-state index contributed by atoms with van der Waals surface area (Å²) >= 11 is 5.97. The van der Waals surface area contributed by atoms with Crippen molar-refractivity contribution in [2.45, 2.75) is 13.5 Å². The van der Waals surface area contributed by atoms with E-state index < -0.39 is 0 Å². The monoisotopic (exact) mass is 296 g/mol. The first-order valence-corrected chi connectivity index (χ1v) is 6.92. The number of aryl methyl sites for hydroxylation is 1. The van der Waals surface area contributed by atoms with Gasteiger partial charge in [0.15, 0.2) is 0 Å². The molecule has 21 heavy (non-hydrogen) atoms. The number of nitriles is 1. The van der Waals surface area contributed by atoms with Crippen LogP contribution in [0.2, 0.25) is 5.02 Å². The van der Waals surface area contributed by atoms with Gasteiger partial charge in [-0.25, -0.2) is 4.98 Å². The Morgan fingerprint density at radius 1 is 1.33 bits per heavy atom. The zero-order valence-electron chi connectivity index (χ0n) is 11.5. The number of rotatable bonds is 3. The first-order chi connectivity index (χ1) is 10.2. The number of hydrogen-bond donors (Lipinski definition) is 1. The largest absolute Gasteiger partial charge is 0.378 e. The van der Waals surface area contributed by atoms with Crippen molar-refractivity contribution in [3.8, 4) is 6.07 Å². The molecule has 0 fully saturated rings. The van der Waals surface area contributed by atoms with E-state index >= 15 is 0 Å². The lowest BCUT2D eigenvalue weighted by atomic mass is 10.2. The van der Waals surface area contributed by atoms with E-state index in [0.29, 0.717) is 17.1 Å². The SMILES string of the molecule is Cc1cccc2nc(CNc3cc(Cl)ccc3C#N)cn12. The molecule has 104 valence electrons. The molecule has 2 heterocycles. The molecule has 1 N–H and O–H groups in total. The molecule has 0 atom stereocenters. The lowest BCUT2D eigenvalue weighted by Crippen LogP contribution is -2.01. The molecule has 2 aromatic heterocycles. The van der Waals surface area contributed by atoms with Crippen LogP contribution in [-0.4, -0.2) is 9.38 Å². The van der Waals surface area contributed by atoms with E-state index in [4.69, 9.17) is 16.9 Å². The molecule has 0 spiro atoms. The fourth-order valence-electron chi connectivity index (χ4n) is 2.23. The van der Waals surface area contributed by atoms with Crippen molar-refractivity contribution in [3.05, 3.63) is 64.6 Å². The number of nitrogens with one attached hydrogen (secondary N) is 1. The second-order valence-corrected chi connectivity index (χ2v) is 5.22. The zero-order valence-corrected chi connectivity index (χ0v) is 12.2. The van der Waals surface area contributed by atoms with Gasteiger partial charge < -0.3 is 9.72 Å².